The highest BCUT2D eigenvalue weighted by Gasteiger charge is 2.50. The Morgan fingerprint density at radius 3 is 2.85 bits per heavy atom. The van der Waals surface area contributed by atoms with Crippen LogP contribution in [-0.2, 0) is 4.74 Å². The third kappa shape index (κ3) is 1.21. The molecule has 1 heteroatoms. The Morgan fingerprint density at radius 1 is 1.54 bits per heavy atom. The van der Waals surface area contributed by atoms with Crippen LogP contribution < -0.4 is 0 Å². The van der Waals surface area contributed by atoms with Gasteiger partial charge in [-0.25, -0.2) is 0 Å². The van der Waals surface area contributed by atoms with Gasteiger partial charge in [0, 0.05) is 0 Å². The van der Waals surface area contributed by atoms with Gasteiger partial charge in [-0.2, -0.15) is 0 Å². The van der Waals surface area contributed by atoms with Gasteiger partial charge < -0.3 is 4.74 Å². The predicted octanol–water partition coefficient (Wildman–Crippen LogP) is 3.14. The standard InChI is InChI=1S/C12H18O/c1-12(2)10-5-4-9(6-7-13-3)11(12)8-10/h4,6-7,10-11H,5,8H2,1-3H3/b7-6+/t10-,11-/m1/s1. The summed E-state index contributed by atoms with van der Waals surface area (Å²) in [5.41, 5.74) is 2.01. The summed E-state index contributed by atoms with van der Waals surface area (Å²) in [4.78, 5) is 0. The number of fused-ring (bicyclic) bond motifs is 1. The third-order valence-corrected chi connectivity index (χ3v) is 3.91. The summed E-state index contributed by atoms with van der Waals surface area (Å²) in [6.45, 7) is 4.78. The first kappa shape index (κ1) is 8.86. The molecule has 3 aliphatic rings. The van der Waals surface area contributed by atoms with Gasteiger partial charge in [0.1, 0.15) is 0 Å². The number of ether oxygens (including phenoxy) is 1. The zero-order valence-electron chi connectivity index (χ0n) is 8.71. The Bertz CT molecular complexity index is 260. The Hall–Kier alpha value is -0.720. The number of rotatable bonds is 2. The molecule has 3 aliphatic carbocycles. The second-order valence-electron chi connectivity index (χ2n) is 4.78. The highest BCUT2D eigenvalue weighted by Crippen LogP contribution is 2.59. The van der Waals surface area contributed by atoms with E-state index in [1.807, 2.05) is 0 Å². The Labute approximate surface area is 80.5 Å². The van der Waals surface area contributed by atoms with Crippen LogP contribution >= 0.6 is 0 Å². The van der Waals surface area contributed by atoms with E-state index < -0.39 is 0 Å². The van der Waals surface area contributed by atoms with E-state index in [1.165, 1.54) is 18.4 Å². The molecule has 0 aromatic rings. The topological polar surface area (TPSA) is 9.23 Å². The van der Waals surface area contributed by atoms with Crippen LogP contribution in [0.15, 0.2) is 24.0 Å². The summed E-state index contributed by atoms with van der Waals surface area (Å²) in [7, 11) is 1.70. The van der Waals surface area contributed by atoms with Crippen molar-refractivity contribution in [3.05, 3.63) is 24.0 Å². The van der Waals surface area contributed by atoms with E-state index >= 15 is 0 Å². The fraction of sp³-hybridized carbons (Fsp3) is 0.667. The van der Waals surface area contributed by atoms with Gasteiger partial charge in [-0.1, -0.05) is 19.9 Å². The molecule has 0 saturated heterocycles. The Balaban J connectivity index is 2.14. The third-order valence-electron chi connectivity index (χ3n) is 3.91. The first-order valence-corrected chi connectivity index (χ1v) is 5.05. The minimum Gasteiger partial charge on any atom is -0.504 e. The molecule has 0 amide bonds. The van der Waals surface area contributed by atoms with Crippen molar-refractivity contribution in [2.24, 2.45) is 17.3 Å². The van der Waals surface area contributed by atoms with Gasteiger partial charge >= 0.3 is 0 Å². The Kier molecular flexibility index (Phi) is 1.98. The van der Waals surface area contributed by atoms with Crippen LogP contribution in [0, 0.1) is 17.3 Å². The summed E-state index contributed by atoms with van der Waals surface area (Å²) in [5, 5.41) is 0. The molecule has 13 heavy (non-hydrogen) atoms. The zero-order valence-corrected chi connectivity index (χ0v) is 8.71. The largest absolute Gasteiger partial charge is 0.504 e. The minimum absolute atomic E-state index is 0.530. The molecule has 0 aromatic heterocycles. The van der Waals surface area contributed by atoms with E-state index in [-0.39, 0.29) is 0 Å². The van der Waals surface area contributed by atoms with E-state index in [1.54, 1.807) is 13.4 Å². The number of hydrogen-bond donors (Lipinski definition) is 0. The van der Waals surface area contributed by atoms with E-state index in [0.717, 1.165) is 11.8 Å². The fourth-order valence-corrected chi connectivity index (χ4v) is 2.73. The minimum atomic E-state index is 0.530. The maximum Gasteiger partial charge on any atom is 0.0827 e. The van der Waals surface area contributed by atoms with Crippen LogP contribution in [-0.4, -0.2) is 7.11 Å². The highest BCUT2D eigenvalue weighted by atomic mass is 16.5. The molecule has 2 bridgehead atoms. The van der Waals surface area contributed by atoms with Crippen molar-refractivity contribution in [1.29, 1.82) is 0 Å². The second kappa shape index (κ2) is 2.90. The summed E-state index contributed by atoms with van der Waals surface area (Å²) >= 11 is 0. The van der Waals surface area contributed by atoms with E-state index in [0.29, 0.717) is 5.41 Å². The normalized spacial score (nSPS) is 35.5. The second-order valence-corrected chi connectivity index (χ2v) is 4.78. The molecule has 0 radical (unpaired) electrons. The lowest BCUT2D eigenvalue weighted by Crippen LogP contribution is -2.47. The molecular weight excluding hydrogens is 160 g/mol. The van der Waals surface area contributed by atoms with Gasteiger partial charge in [0.25, 0.3) is 0 Å². The van der Waals surface area contributed by atoms with Crippen molar-refractivity contribution >= 4 is 0 Å². The molecule has 0 heterocycles. The monoisotopic (exact) mass is 178 g/mol. The highest BCUT2D eigenvalue weighted by molar-refractivity contribution is 5.31. The molecule has 3 rings (SSSR count). The first-order chi connectivity index (χ1) is 6.16. The summed E-state index contributed by atoms with van der Waals surface area (Å²) in [5.74, 6) is 1.70. The van der Waals surface area contributed by atoms with E-state index in [2.05, 4.69) is 26.0 Å². The van der Waals surface area contributed by atoms with Crippen LogP contribution in [0.3, 0.4) is 0 Å². The number of allylic oxidation sites excluding steroid dienone is 3. The fourth-order valence-electron chi connectivity index (χ4n) is 2.73. The lowest BCUT2D eigenvalue weighted by atomic mass is 9.49. The molecule has 2 atom stereocenters. The van der Waals surface area contributed by atoms with Crippen LogP contribution in [0.1, 0.15) is 26.7 Å². The molecule has 1 fully saturated rings. The van der Waals surface area contributed by atoms with E-state index in [4.69, 9.17) is 4.74 Å². The lowest BCUT2D eigenvalue weighted by Gasteiger charge is -2.56. The van der Waals surface area contributed by atoms with Crippen molar-refractivity contribution in [2.45, 2.75) is 26.7 Å². The molecule has 0 aromatic carbocycles. The molecule has 0 unspecified atom stereocenters. The van der Waals surface area contributed by atoms with Gasteiger partial charge in [0.15, 0.2) is 0 Å². The first-order valence-electron chi connectivity index (χ1n) is 5.05. The molecule has 1 nitrogen and oxygen atoms in total. The van der Waals surface area contributed by atoms with Crippen molar-refractivity contribution in [2.75, 3.05) is 7.11 Å². The van der Waals surface area contributed by atoms with Crippen molar-refractivity contribution in [1.82, 2.24) is 0 Å². The maximum atomic E-state index is 4.96. The quantitative estimate of drug-likeness (QED) is 0.590. The van der Waals surface area contributed by atoms with Crippen molar-refractivity contribution in [3.8, 4) is 0 Å². The van der Waals surface area contributed by atoms with Crippen molar-refractivity contribution in [3.63, 3.8) is 0 Å². The summed E-state index contributed by atoms with van der Waals surface area (Å²) < 4.78 is 4.96. The van der Waals surface area contributed by atoms with Crippen LogP contribution in [0.2, 0.25) is 0 Å². The number of hydrogen-bond acceptors (Lipinski definition) is 1. The van der Waals surface area contributed by atoms with Crippen LogP contribution in [0.5, 0.6) is 0 Å². The molecule has 0 aliphatic heterocycles. The summed E-state index contributed by atoms with van der Waals surface area (Å²) in [6, 6.07) is 0. The van der Waals surface area contributed by atoms with Gasteiger partial charge in [0.05, 0.1) is 13.4 Å². The molecule has 0 spiro atoms. The smallest absolute Gasteiger partial charge is 0.0827 e. The average Bonchev–Trinajstić information content (AvgIpc) is 2.14. The van der Waals surface area contributed by atoms with Gasteiger partial charge in [-0.05, 0) is 41.7 Å². The van der Waals surface area contributed by atoms with Crippen LogP contribution in [0.25, 0.3) is 0 Å². The SMILES string of the molecule is CO/C=C/C1=CC[C@@H]2C[C@H]1C2(C)C. The van der Waals surface area contributed by atoms with E-state index in [9.17, 15) is 0 Å². The Morgan fingerprint density at radius 2 is 2.31 bits per heavy atom. The van der Waals surface area contributed by atoms with Crippen molar-refractivity contribution < 1.29 is 4.74 Å². The summed E-state index contributed by atoms with van der Waals surface area (Å²) in [6.07, 6.45) is 8.93. The van der Waals surface area contributed by atoms with Crippen LogP contribution in [0.4, 0.5) is 0 Å². The van der Waals surface area contributed by atoms with Gasteiger partial charge in [0.2, 0.25) is 0 Å². The zero-order chi connectivity index (χ0) is 9.47. The molecule has 1 saturated carbocycles. The maximum absolute atomic E-state index is 4.96. The molecule has 0 N–H and O–H groups in total. The van der Waals surface area contributed by atoms with Gasteiger partial charge in [-0.3, -0.25) is 0 Å². The predicted molar refractivity (Wildman–Crippen MR) is 54.2 cm³/mol. The average molecular weight is 178 g/mol. The lowest BCUT2D eigenvalue weighted by molar-refractivity contribution is -0.00345. The molecule has 72 valence electrons. The molecular formula is C12H18O. The van der Waals surface area contributed by atoms with Gasteiger partial charge in [-0.15, -0.1) is 0 Å². The number of methoxy groups -OCH3 is 1.